The molecule has 12 heteroatoms. The second kappa shape index (κ2) is 10.7. The van der Waals surface area contributed by atoms with Gasteiger partial charge in [-0.3, -0.25) is 19.4 Å². The van der Waals surface area contributed by atoms with Crippen LogP contribution in [0.1, 0.15) is 50.0 Å². The van der Waals surface area contributed by atoms with E-state index >= 15 is 0 Å². The maximum Gasteiger partial charge on any atom is 0.370 e. The third-order valence-corrected chi connectivity index (χ3v) is 11.0. The van der Waals surface area contributed by atoms with Gasteiger partial charge >= 0.3 is 15.2 Å². The number of rotatable bonds is 12. The van der Waals surface area contributed by atoms with Crippen molar-refractivity contribution in [1.82, 2.24) is 5.43 Å². The molecule has 0 fully saturated rings. The van der Waals surface area contributed by atoms with Crippen molar-refractivity contribution in [2.24, 2.45) is 5.10 Å². The average molecular weight is 495 g/mol. The Hall–Kier alpha value is -1.05. The third-order valence-electron chi connectivity index (χ3n) is 4.52. The summed E-state index contributed by atoms with van der Waals surface area (Å²) in [6.45, 7) is 8.37. The van der Waals surface area contributed by atoms with E-state index in [2.05, 4.69) is 10.5 Å². The molecule has 1 aliphatic heterocycles. The molecule has 0 radical (unpaired) electrons. The van der Waals surface area contributed by atoms with Crippen molar-refractivity contribution < 1.29 is 32.0 Å². The van der Waals surface area contributed by atoms with Crippen LogP contribution in [0, 0.1) is 6.92 Å². The Morgan fingerprint density at radius 3 is 1.94 bits per heavy atom. The smallest absolute Gasteiger partial charge is 0.307 e. The predicted octanol–water partition coefficient (Wildman–Crippen LogP) is 5.37. The number of halogens is 1. The molecule has 1 aromatic carbocycles. The molecule has 1 aromatic rings. The van der Waals surface area contributed by atoms with Gasteiger partial charge in [-0.1, -0.05) is 17.7 Å². The predicted molar refractivity (Wildman–Crippen MR) is 120 cm³/mol. The summed E-state index contributed by atoms with van der Waals surface area (Å²) >= 11 is 6.25. The molecule has 9 nitrogen and oxygen atoms in total. The van der Waals surface area contributed by atoms with Gasteiger partial charge in [-0.25, -0.2) is 0 Å². The van der Waals surface area contributed by atoms with Gasteiger partial charge in [0.2, 0.25) is 5.78 Å². The van der Waals surface area contributed by atoms with Crippen molar-refractivity contribution >= 4 is 38.3 Å². The van der Waals surface area contributed by atoms with Crippen molar-refractivity contribution in [3.05, 3.63) is 34.3 Å². The Morgan fingerprint density at radius 2 is 1.52 bits per heavy atom. The number of ketones is 1. The Balaban J connectivity index is 2.57. The minimum absolute atomic E-state index is 0.00598. The minimum atomic E-state index is -4.19. The number of nitrogens with one attached hydrogen (secondary N) is 1. The van der Waals surface area contributed by atoms with Crippen molar-refractivity contribution in [3.8, 4) is 0 Å². The number of nitrogens with zero attached hydrogens (tertiary/aromatic N) is 1. The second-order valence-electron chi connectivity index (χ2n) is 6.64. The van der Waals surface area contributed by atoms with Crippen LogP contribution < -0.4 is 5.43 Å². The molecule has 0 aliphatic carbocycles. The summed E-state index contributed by atoms with van der Waals surface area (Å²) in [4.78, 5) is 13.2. The zero-order valence-electron chi connectivity index (χ0n) is 18.3. The molecule has 0 aromatic heterocycles. The van der Waals surface area contributed by atoms with Crippen LogP contribution in [0.25, 0.3) is 0 Å². The number of hydrogen-bond acceptors (Lipinski definition) is 9. The topological polar surface area (TPSA) is 113 Å². The van der Waals surface area contributed by atoms with Crippen molar-refractivity contribution in [1.29, 1.82) is 0 Å². The lowest BCUT2D eigenvalue weighted by molar-refractivity contribution is 0.106. The van der Waals surface area contributed by atoms with Gasteiger partial charge in [0.05, 0.1) is 31.5 Å². The lowest BCUT2D eigenvalue weighted by atomic mass is 10.0. The van der Waals surface area contributed by atoms with Gasteiger partial charge < -0.3 is 18.1 Å². The fourth-order valence-corrected chi connectivity index (χ4v) is 8.82. The number of hydrogen-bond donors (Lipinski definition) is 1. The summed E-state index contributed by atoms with van der Waals surface area (Å²) < 4.78 is 49.8. The van der Waals surface area contributed by atoms with Crippen LogP contribution in [0.3, 0.4) is 0 Å². The van der Waals surface area contributed by atoms with Crippen molar-refractivity contribution in [2.75, 3.05) is 26.4 Å². The highest BCUT2D eigenvalue weighted by Crippen LogP contribution is 2.78. The van der Waals surface area contributed by atoms with Gasteiger partial charge in [-0.2, -0.15) is 5.10 Å². The third kappa shape index (κ3) is 4.98. The summed E-state index contributed by atoms with van der Waals surface area (Å²) in [7, 11) is -8.38. The van der Waals surface area contributed by atoms with E-state index in [-0.39, 0.29) is 49.1 Å². The van der Waals surface area contributed by atoms with E-state index in [0.717, 1.165) is 5.56 Å². The van der Waals surface area contributed by atoms with Gasteiger partial charge in [0, 0.05) is 12.0 Å². The van der Waals surface area contributed by atoms with Crippen LogP contribution in [-0.4, -0.2) is 42.9 Å². The monoisotopic (exact) mass is 494 g/mol. The fraction of sp³-hybridized carbons (Fsp3) is 0.579. The van der Waals surface area contributed by atoms with Gasteiger partial charge in [0.25, 0.3) is 5.02 Å². The lowest BCUT2D eigenvalue weighted by Gasteiger charge is -2.38. The molecule has 0 spiro atoms. The fourth-order valence-electron chi connectivity index (χ4n) is 3.21. The van der Waals surface area contributed by atoms with Crippen LogP contribution in [0.4, 0.5) is 0 Å². The summed E-state index contributed by atoms with van der Waals surface area (Å²) in [5.74, 6) is -0.501. The van der Waals surface area contributed by atoms with E-state index in [9.17, 15) is 13.9 Å². The molecule has 1 aliphatic rings. The van der Waals surface area contributed by atoms with Crippen LogP contribution in [0.15, 0.2) is 23.3 Å². The van der Waals surface area contributed by atoms with Crippen molar-refractivity contribution in [3.63, 3.8) is 0 Å². The molecule has 2 rings (SSSR count). The Bertz CT molecular complexity index is 888. The van der Waals surface area contributed by atoms with Crippen molar-refractivity contribution in [2.45, 2.75) is 46.1 Å². The first-order chi connectivity index (χ1) is 14.6. The quantitative estimate of drug-likeness (QED) is 0.305. The van der Waals surface area contributed by atoms with E-state index in [1.165, 1.54) is 0 Å². The maximum atomic E-state index is 13.9. The molecule has 1 N–H and O–H groups in total. The summed E-state index contributed by atoms with van der Waals surface area (Å²) in [5.41, 5.74) is 3.69. The van der Waals surface area contributed by atoms with E-state index in [0.29, 0.717) is 0 Å². The molecular formula is C19H29ClN2O7P2. The maximum absolute atomic E-state index is 13.9. The Labute approximate surface area is 187 Å². The first kappa shape index (κ1) is 26.2. The molecule has 0 saturated heterocycles. The van der Waals surface area contributed by atoms with Gasteiger partial charge in [-0.05, 0) is 52.3 Å². The number of aryl methyl sites for hydroxylation is 1. The van der Waals surface area contributed by atoms with E-state index in [1.54, 1.807) is 45.9 Å². The van der Waals surface area contributed by atoms with Crippen LogP contribution >= 0.6 is 26.8 Å². The highest BCUT2D eigenvalue weighted by atomic mass is 35.5. The SMILES string of the molecule is CCOP(=O)(OCC)C1(P(=O)(OCC)OCC)CC(C(=O)c2ccc(C)cc2Cl)=NN1. The van der Waals surface area contributed by atoms with Crippen LogP contribution in [0.2, 0.25) is 5.02 Å². The van der Waals surface area contributed by atoms with E-state index < -0.39 is 26.0 Å². The van der Waals surface area contributed by atoms with E-state index in [1.807, 2.05) is 6.92 Å². The molecule has 174 valence electrons. The summed E-state index contributed by atoms with van der Waals surface area (Å²) in [6.07, 6.45) is -0.357. The molecule has 0 amide bonds. The minimum Gasteiger partial charge on any atom is -0.307 e. The first-order valence-corrected chi connectivity index (χ1v) is 13.5. The number of carbonyl (C=O) groups is 1. The number of benzene rings is 1. The molecule has 0 unspecified atom stereocenters. The molecule has 0 bridgehead atoms. The first-order valence-electron chi connectivity index (χ1n) is 10.1. The molecule has 1 heterocycles. The van der Waals surface area contributed by atoms with Crippen LogP contribution in [-0.2, 0) is 27.2 Å². The summed E-state index contributed by atoms with van der Waals surface area (Å²) in [6, 6.07) is 4.98. The Kier molecular flexibility index (Phi) is 9.05. The Morgan fingerprint density at radius 1 is 1.03 bits per heavy atom. The standard InChI is InChI=1S/C19H29ClN2O7P2/c1-6-26-30(24,27-7-2)19(31(25,28-8-3)29-9-4)13-17(21-22-19)18(23)15-11-10-14(5)12-16(15)20/h10-12,22H,6-9,13H2,1-5H3. The second-order valence-corrected chi connectivity index (χ2v) is 12.0. The normalized spacial score (nSPS) is 16.1. The average Bonchev–Trinajstić information content (AvgIpc) is 3.16. The van der Waals surface area contributed by atoms with Crippen LogP contribution in [0.5, 0.6) is 0 Å². The molecule has 0 saturated carbocycles. The number of Topliss-reactive ketones (excluding diaryl/α,β-unsaturated/α-hetero) is 1. The highest BCUT2D eigenvalue weighted by Gasteiger charge is 2.68. The highest BCUT2D eigenvalue weighted by molar-refractivity contribution is 7.74. The lowest BCUT2D eigenvalue weighted by Crippen LogP contribution is -2.42. The number of carbonyl (C=O) groups excluding carboxylic acids is 1. The van der Waals surface area contributed by atoms with E-state index in [4.69, 9.17) is 29.7 Å². The molecule has 31 heavy (non-hydrogen) atoms. The molecule has 0 atom stereocenters. The molecular weight excluding hydrogens is 466 g/mol. The van der Waals surface area contributed by atoms with Gasteiger partial charge in [0.15, 0.2) is 0 Å². The van der Waals surface area contributed by atoms with Gasteiger partial charge in [0.1, 0.15) is 5.71 Å². The van der Waals surface area contributed by atoms with Gasteiger partial charge in [-0.15, -0.1) is 0 Å². The zero-order valence-corrected chi connectivity index (χ0v) is 20.9. The summed E-state index contributed by atoms with van der Waals surface area (Å²) in [5, 5.41) is 2.32. The zero-order chi connectivity index (χ0) is 23.3. The largest absolute Gasteiger partial charge is 0.370 e. The number of hydrazone groups is 1.